The number of ether oxygens (including phenoxy) is 2. The fourth-order valence-electron chi connectivity index (χ4n) is 0.785. The largest absolute Gasteiger partial charge is 0.394 e. The van der Waals surface area contributed by atoms with Gasteiger partial charge < -0.3 is 14.6 Å². The molecule has 0 spiro atoms. The Balaban J connectivity index is 3.53. The first kappa shape index (κ1) is 9.88. The maximum atomic E-state index is 8.72. The summed E-state index contributed by atoms with van der Waals surface area (Å²) in [5, 5.41) is 8.72. The summed E-state index contributed by atoms with van der Waals surface area (Å²) >= 11 is 0. The summed E-state index contributed by atoms with van der Waals surface area (Å²) in [6.45, 7) is 4.47. The zero-order chi connectivity index (χ0) is 7.98. The van der Waals surface area contributed by atoms with Gasteiger partial charge in [0.05, 0.1) is 12.7 Å². The van der Waals surface area contributed by atoms with Crippen LogP contribution in [0.2, 0.25) is 0 Å². The Morgan fingerprint density at radius 2 is 2.10 bits per heavy atom. The first-order valence-electron chi connectivity index (χ1n) is 3.51. The van der Waals surface area contributed by atoms with Gasteiger partial charge in [0.1, 0.15) is 6.10 Å². The van der Waals surface area contributed by atoms with E-state index in [4.69, 9.17) is 14.6 Å². The van der Waals surface area contributed by atoms with Crippen LogP contribution in [-0.4, -0.2) is 37.6 Å². The molecule has 0 heterocycles. The van der Waals surface area contributed by atoms with Gasteiger partial charge in [-0.1, -0.05) is 0 Å². The molecule has 0 aromatic carbocycles. The molecule has 0 rings (SSSR count). The van der Waals surface area contributed by atoms with Gasteiger partial charge in [0.25, 0.3) is 0 Å². The second kappa shape index (κ2) is 5.65. The van der Waals surface area contributed by atoms with E-state index < -0.39 is 0 Å². The van der Waals surface area contributed by atoms with E-state index in [2.05, 4.69) is 0 Å². The molecule has 10 heavy (non-hydrogen) atoms. The third kappa shape index (κ3) is 3.15. The third-order valence-electron chi connectivity index (χ3n) is 1.44. The molecule has 0 aromatic heterocycles. The van der Waals surface area contributed by atoms with Crippen LogP contribution >= 0.6 is 0 Å². The van der Waals surface area contributed by atoms with Crippen molar-refractivity contribution in [1.29, 1.82) is 0 Å². The molecule has 0 aliphatic heterocycles. The van der Waals surface area contributed by atoms with Gasteiger partial charge in [-0.05, 0) is 13.8 Å². The summed E-state index contributed by atoms with van der Waals surface area (Å²) in [7, 11) is 1.57. The molecule has 3 heteroatoms. The summed E-state index contributed by atoms with van der Waals surface area (Å²) in [5.74, 6) is 0. The molecule has 0 saturated heterocycles. The van der Waals surface area contributed by atoms with E-state index in [9.17, 15) is 0 Å². The molecule has 0 aliphatic carbocycles. The van der Waals surface area contributed by atoms with Crippen LogP contribution in [0.3, 0.4) is 0 Å². The van der Waals surface area contributed by atoms with E-state index in [0.29, 0.717) is 6.61 Å². The molecule has 1 N–H and O–H groups in total. The van der Waals surface area contributed by atoms with E-state index in [0.717, 1.165) is 0 Å². The SMILES string of the molecule is CCOC(C)C(CO)OC. The molecule has 0 bridgehead atoms. The summed E-state index contributed by atoms with van der Waals surface area (Å²) in [5.41, 5.74) is 0. The van der Waals surface area contributed by atoms with Crippen LogP contribution in [0.15, 0.2) is 0 Å². The number of hydrogen-bond donors (Lipinski definition) is 1. The lowest BCUT2D eigenvalue weighted by Crippen LogP contribution is -2.31. The standard InChI is InChI=1S/C7H16O3/c1-4-10-6(2)7(5-8)9-3/h6-8H,4-5H2,1-3H3. The van der Waals surface area contributed by atoms with Crippen molar-refractivity contribution in [2.45, 2.75) is 26.1 Å². The van der Waals surface area contributed by atoms with Crippen molar-refractivity contribution in [3.8, 4) is 0 Å². The average molecular weight is 148 g/mol. The number of rotatable bonds is 5. The monoisotopic (exact) mass is 148 g/mol. The topological polar surface area (TPSA) is 38.7 Å². The van der Waals surface area contributed by atoms with E-state index in [-0.39, 0.29) is 18.8 Å². The lowest BCUT2D eigenvalue weighted by molar-refractivity contribution is -0.0645. The average Bonchev–Trinajstić information content (AvgIpc) is 1.91. The molecular formula is C7H16O3. The predicted octanol–water partition coefficient (Wildman–Crippen LogP) is 0.419. The second-order valence-electron chi connectivity index (χ2n) is 2.12. The quantitative estimate of drug-likeness (QED) is 0.614. The Kier molecular flexibility index (Phi) is 5.58. The first-order chi connectivity index (χ1) is 4.76. The van der Waals surface area contributed by atoms with Gasteiger partial charge in [-0.25, -0.2) is 0 Å². The minimum absolute atomic E-state index is 0.0116. The summed E-state index contributed by atoms with van der Waals surface area (Å²) < 4.78 is 10.1. The molecule has 0 fully saturated rings. The van der Waals surface area contributed by atoms with Crippen LogP contribution in [0.4, 0.5) is 0 Å². The van der Waals surface area contributed by atoms with Crippen LogP contribution < -0.4 is 0 Å². The van der Waals surface area contributed by atoms with Gasteiger partial charge in [-0.15, -0.1) is 0 Å². The van der Waals surface area contributed by atoms with Crippen molar-refractivity contribution in [2.75, 3.05) is 20.3 Å². The molecule has 0 aliphatic rings. The zero-order valence-corrected chi connectivity index (χ0v) is 6.83. The summed E-state index contributed by atoms with van der Waals surface area (Å²) in [6, 6.07) is 0. The van der Waals surface area contributed by atoms with Gasteiger partial charge in [0.15, 0.2) is 0 Å². The Morgan fingerprint density at radius 1 is 1.50 bits per heavy atom. The molecule has 0 saturated carbocycles. The van der Waals surface area contributed by atoms with Crippen molar-refractivity contribution in [3.63, 3.8) is 0 Å². The van der Waals surface area contributed by atoms with Crippen molar-refractivity contribution in [2.24, 2.45) is 0 Å². The maximum Gasteiger partial charge on any atom is 0.106 e. The number of aliphatic hydroxyl groups is 1. The molecule has 2 atom stereocenters. The van der Waals surface area contributed by atoms with E-state index in [1.807, 2.05) is 13.8 Å². The third-order valence-corrected chi connectivity index (χ3v) is 1.44. The number of aliphatic hydroxyl groups excluding tert-OH is 1. The van der Waals surface area contributed by atoms with Crippen LogP contribution in [0.25, 0.3) is 0 Å². The lowest BCUT2D eigenvalue weighted by Gasteiger charge is -2.19. The van der Waals surface area contributed by atoms with Crippen LogP contribution in [0.1, 0.15) is 13.8 Å². The normalized spacial score (nSPS) is 16.8. The van der Waals surface area contributed by atoms with E-state index in [1.54, 1.807) is 7.11 Å². The van der Waals surface area contributed by atoms with Gasteiger partial charge >= 0.3 is 0 Å². The summed E-state index contributed by atoms with van der Waals surface area (Å²) in [4.78, 5) is 0. The fraction of sp³-hybridized carbons (Fsp3) is 1.00. The lowest BCUT2D eigenvalue weighted by atomic mass is 10.2. The Hall–Kier alpha value is -0.120. The van der Waals surface area contributed by atoms with Crippen molar-refractivity contribution in [1.82, 2.24) is 0 Å². The van der Waals surface area contributed by atoms with Crippen molar-refractivity contribution in [3.05, 3.63) is 0 Å². The van der Waals surface area contributed by atoms with E-state index >= 15 is 0 Å². The minimum Gasteiger partial charge on any atom is -0.394 e. The van der Waals surface area contributed by atoms with Crippen LogP contribution in [0.5, 0.6) is 0 Å². The van der Waals surface area contributed by atoms with Crippen molar-refractivity contribution < 1.29 is 14.6 Å². The van der Waals surface area contributed by atoms with Gasteiger partial charge in [-0.3, -0.25) is 0 Å². The molecule has 0 aromatic rings. The Labute approximate surface area is 62.0 Å². The highest BCUT2D eigenvalue weighted by molar-refractivity contribution is 4.63. The minimum atomic E-state index is -0.194. The Bertz CT molecular complexity index is 71.3. The molecule has 0 radical (unpaired) electrons. The van der Waals surface area contributed by atoms with E-state index in [1.165, 1.54) is 0 Å². The molecule has 62 valence electrons. The van der Waals surface area contributed by atoms with Crippen molar-refractivity contribution >= 4 is 0 Å². The highest BCUT2D eigenvalue weighted by atomic mass is 16.5. The maximum absolute atomic E-state index is 8.72. The highest BCUT2D eigenvalue weighted by Crippen LogP contribution is 2.00. The number of hydrogen-bond acceptors (Lipinski definition) is 3. The fourth-order valence-corrected chi connectivity index (χ4v) is 0.785. The zero-order valence-electron chi connectivity index (χ0n) is 6.83. The number of methoxy groups -OCH3 is 1. The smallest absolute Gasteiger partial charge is 0.106 e. The predicted molar refractivity (Wildman–Crippen MR) is 39.0 cm³/mol. The molecular weight excluding hydrogens is 132 g/mol. The molecule has 0 amide bonds. The van der Waals surface area contributed by atoms with Gasteiger partial charge in [0.2, 0.25) is 0 Å². The molecule has 3 nitrogen and oxygen atoms in total. The first-order valence-corrected chi connectivity index (χ1v) is 3.51. The van der Waals surface area contributed by atoms with Gasteiger partial charge in [-0.2, -0.15) is 0 Å². The van der Waals surface area contributed by atoms with Crippen LogP contribution in [0, 0.1) is 0 Å². The highest BCUT2D eigenvalue weighted by Gasteiger charge is 2.14. The molecule has 2 unspecified atom stereocenters. The van der Waals surface area contributed by atoms with Gasteiger partial charge in [0, 0.05) is 13.7 Å². The Morgan fingerprint density at radius 3 is 2.40 bits per heavy atom. The second-order valence-corrected chi connectivity index (χ2v) is 2.12. The summed E-state index contributed by atoms with van der Waals surface area (Å²) in [6.07, 6.45) is -0.222. The van der Waals surface area contributed by atoms with Crippen LogP contribution in [-0.2, 0) is 9.47 Å².